The summed E-state index contributed by atoms with van der Waals surface area (Å²) in [6, 6.07) is 121. The molecule has 2 aliphatic rings. The van der Waals surface area contributed by atoms with Crippen LogP contribution < -0.4 is 0 Å². The van der Waals surface area contributed by atoms with Crippen molar-refractivity contribution in [2.75, 3.05) is 0 Å². The van der Waals surface area contributed by atoms with E-state index in [4.69, 9.17) is 39.9 Å². The highest BCUT2D eigenvalue weighted by Gasteiger charge is 2.27. The molecule has 0 bridgehead atoms. The van der Waals surface area contributed by atoms with Crippen LogP contribution in [-0.2, 0) is 12.8 Å². The lowest BCUT2D eigenvalue weighted by Crippen LogP contribution is -2.02. The van der Waals surface area contributed by atoms with Crippen LogP contribution in [0.15, 0.2) is 340 Å². The molecule has 0 aliphatic heterocycles. The third kappa shape index (κ3) is 17.1. The third-order valence-corrected chi connectivity index (χ3v) is 25.5. The zero-order chi connectivity index (χ0) is 85.4. The van der Waals surface area contributed by atoms with E-state index in [1.165, 1.54) is 173 Å². The Morgan fingerprint density at radius 2 is 0.389 bits per heavy atom. The summed E-state index contributed by atoms with van der Waals surface area (Å²) in [5.41, 5.74) is 36.6. The Labute approximate surface area is 739 Å². The lowest BCUT2D eigenvalue weighted by atomic mass is 9.92. The van der Waals surface area contributed by atoms with Gasteiger partial charge in [-0.3, -0.25) is 39.9 Å². The summed E-state index contributed by atoms with van der Waals surface area (Å²) in [6.07, 6.45) is 16.8. The van der Waals surface area contributed by atoms with E-state index in [0.717, 1.165) is 138 Å². The summed E-state index contributed by atoms with van der Waals surface area (Å²) in [5, 5.41) is 9.35. The standard InChI is InChI=1S/C34H32N2.C32H32N2.2C26H20N2/c1-3-11-23(12-4-1)29-21-31(25-15-7-8-16-25)35-33-27(29)19-20-28-30(24-13-5-2-6-14-24)22-32(36-34(28)33)26-17-9-10-18-26;1-3-5-17-25-21-29(23-13-9-7-10-14-23)27-19-20-28-30(24-15-11-8-12-16-24)22-26(18-6-4-2)34-32(28)31(27)33-25;2*1-17-15-23(19-9-5-3-6-10-19)21-13-14-22-24(20-11-7-4-8-12-20)16-18(2)28-26(22)25(21)27-17/h1-6,11-14,19-22,25-26H,7-10,15-18H2;7-16,19-22H,3-6,17-18H2,1-2H3;2*3-16H,1-2H3. The monoisotopic (exact) mass is 1630 g/mol. The second-order valence-electron chi connectivity index (χ2n) is 34.3. The van der Waals surface area contributed by atoms with E-state index >= 15 is 0 Å². The molecular weight excluding hydrogens is 1530 g/mol. The van der Waals surface area contributed by atoms with Gasteiger partial charge in [-0.1, -0.05) is 344 Å². The van der Waals surface area contributed by atoms with Crippen molar-refractivity contribution in [2.24, 2.45) is 0 Å². The predicted molar refractivity (Wildman–Crippen MR) is 530 cm³/mol. The van der Waals surface area contributed by atoms with Crippen molar-refractivity contribution in [3.05, 3.63) is 385 Å². The first-order chi connectivity index (χ1) is 62.0. The number of unbranched alkanes of at least 4 members (excludes halogenated alkanes) is 2. The number of aryl methyl sites for hydroxylation is 6. The maximum Gasteiger partial charge on any atom is 0.0974 e. The van der Waals surface area contributed by atoms with Gasteiger partial charge < -0.3 is 0 Å². The highest BCUT2D eigenvalue weighted by molar-refractivity contribution is 6.16. The quantitative estimate of drug-likeness (QED) is 0.0882. The molecule has 0 N–H and O–H groups in total. The SMILES string of the molecule is CCCCc1cc(-c2ccccc2)c2ccc3c(-c4ccccc4)cc(CCCC)nc3c2n1.Cc1cc(-c2ccccc2)c2ccc3c(-c4ccccc4)cc(C)nc3c2n1.Cc1cc(-c2ccccc2)c2ccc3c(-c4ccccc4)cc(C)nc3c2n1.c1ccc(-c2cc(C3CCCC3)nc3c2ccc2c(-c4ccccc4)cc(C4CCCC4)nc23)cc1. The maximum absolute atomic E-state index is 5.41. The molecule has 8 heteroatoms. The van der Waals surface area contributed by atoms with Gasteiger partial charge in [-0.15, -0.1) is 0 Å². The van der Waals surface area contributed by atoms with Gasteiger partial charge in [0, 0.05) is 100 Å². The summed E-state index contributed by atoms with van der Waals surface area (Å²) in [5.74, 6) is 1.11. The largest absolute Gasteiger partial charge is 0.251 e. The maximum atomic E-state index is 5.41. The molecule has 616 valence electrons. The molecule has 0 radical (unpaired) electrons. The van der Waals surface area contributed by atoms with Gasteiger partial charge in [0.2, 0.25) is 0 Å². The van der Waals surface area contributed by atoms with Crippen molar-refractivity contribution in [1.82, 2.24) is 39.9 Å². The average Bonchev–Trinajstić information content (AvgIpc) is 1.22. The van der Waals surface area contributed by atoms with Crippen LogP contribution in [0.1, 0.15) is 148 Å². The molecular formula is C118H104N8. The topological polar surface area (TPSA) is 103 Å². The lowest BCUT2D eigenvalue weighted by Gasteiger charge is -2.18. The first-order valence-electron chi connectivity index (χ1n) is 45.5. The Morgan fingerprint density at radius 3 is 0.595 bits per heavy atom. The molecule has 22 rings (SSSR count). The number of pyridine rings is 8. The Kier molecular flexibility index (Phi) is 24.1. The van der Waals surface area contributed by atoms with Crippen molar-refractivity contribution in [2.45, 2.75) is 143 Å². The smallest absolute Gasteiger partial charge is 0.0974 e. The molecule has 0 spiro atoms. The van der Waals surface area contributed by atoms with Gasteiger partial charge in [0.05, 0.1) is 44.1 Å². The van der Waals surface area contributed by atoms with Crippen molar-refractivity contribution in [1.29, 1.82) is 0 Å². The van der Waals surface area contributed by atoms with Crippen LogP contribution in [0, 0.1) is 27.7 Å². The Morgan fingerprint density at radius 1 is 0.206 bits per heavy atom. The van der Waals surface area contributed by atoms with Crippen molar-refractivity contribution >= 4 is 87.2 Å². The van der Waals surface area contributed by atoms with E-state index in [-0.39, 0.29) is 0 Å². The number of nitrogens with zero attached hydrogens (tertiary/aromatic N) is 8. The molecule has 0 amide bonds. The summed E-state index contributed by atoms with van der Waals surface area (Å²) < 4.78 is 0. The van der Waals surface area contributed by atoms with Crippen molar-refractivity contribution in [3.63, 3.8) is 0 Å². The number of hydrogen-bond acceptors (Lipinski definition) is 8. The normalized spacial score (nSPS) is 12.9. The average molecular weight is 1630 g/mol. The van der Waals surface area contributed by atoms with Gasteiger partial charge in [0.25, 0.3) is 0 Å². The summed E-state index contributed by atoms with van der Waals surface area (Å²) >= 11 is 0. The highest BCUT2D eigenvalue weighted by atomic mass is 14.8. The summed E-state index contributed by atoms with van der Waals surface area (Å²) in [7, 11) is 0. The Hall–Kier alpha value is -14.1. The molecule has 2 aliphatic carbocycles. The summed E-state index contributed by atoms with van der Waals surface area (Å²) in [4.78, 5) is 40.9. The van der Waals surface area contributed by atoms with E-state index in [2.05, 4.69) is 357 Å². The first-order valence-corrected chi connectivity index (χ1v) is 45.5. The van der Waals surface area contributed by atoms with E-state index < -0.39 is 0 Å². The van der Waals surface area contributed by atoms with Gasteiger partial charge >= 0.3 is 0 Å². The van der Waals surface area contributed by atoms with Crippen LogP contribution in [0.4, 0.5) is 0 Å². The Bertz CT molecular complexity index is 6660. The number of fused-ring (bicyclic) bond motifs is 12. The zero-order valence-electron chi connectivity index (χ0n) is 73.0. The fraction of sp³-hybridized carbons (Fsp3) is 0.186. The second-order valence-corrected chi connectivity index (χ2v) is 34.3. The molecule has 2 fully saturated rings. The molecule has 8 aromatic heterocycles. The molecule has 2 saturated carbocycles. The summed E-state index contributed by atoms with van der Waals surface area (Å²) in [6.45, 7) is 12.7. The minimum absolute atomic E-state index is 0.554. The molecule has 20 aromatic rings. The van der Waals surface area contributed by atoms with Crippen molar-refractivity contribution in [3.8, 4) is 89.0 Å². The van der Waals surface area contributed by atoms with Gasteiger partial charge in [-0.2, -0.15) is 0 Å². The van der Waals surface area contributed by atoms with Gasteiger partial charge in [-0.05, 0) is 217 Å². The van der Waals surface area contributed by atoms with Crippen LogP contribution in [0.3, 0.4) is 0 Å². The predicted octanol–water partition coefficient (Wildman–Crippen LogP) is 31.7. The van der Waals surface area contributed by atoms with E-state index in [0.29, 0.717) is 11.8 Å². The van der Waals surface area contributed by atoms with Crippen LogP contribution >= 0.6 is 0 Å². The van der Waals surface area contributed by atoms with Crippen LogP contribution in [-0.4, -0.2) is 39.9 Å². The number of benzene rings is 12. The molecule has 0 saturated heterocycles. The number of aromatic nitrogens is 8. The van der Waals surface area contributed by atoms with E-state index in [1.54, 1.807) is 0 Å². The van der Waals surface area contributed by atoms with Gasteiger partial charge in [0.15, 0.2) is 0 Å². The van der Waals surface area contributed by atoms with Crippen LogP contribution in [0.2, 0.25) is 0 Å². The molecule has 8 heterocycles. The third-order valence-electron chi connectivity index (χ3n) is 25.5. The lowest BCUT2D eigenvalue weighted by molar-refractivity contribution is 0.699. The highest BCUT2D eigenvalue weighted by Crippen LogP contribution is 2.46. The minimum Gasteiger partial charge on any atom is -0.251 e. The zero-order valence-corrected chi connectivity index (χ0v) is 73.0. The number of hydrogen-bond donors (Lipinski definition) is 0. The fourth-order valence-electron chi connectivity index (χ4n) is 19.2. The van der Waals surface area contributed by atoms with E-state index in [9.17, 15) is 0 Å². The minimum atomic E-state index is 0.554. The molecule has 0 unspecified atom stereocenters. The molecule has 126 heavy (non-hydrogen) atoms. The number of rotatable bonds is 16. The van der Waals surface area contributed by atoms with Crippen LogP contribution in [0.5, 0.6) is 0 Å². The van der Waals surface area contributed by atoms with E-state index in [1.807, 2.05) is 24.3 Å². The molecule has 8 nitrogen and oxygen atoms in total. The molecule has 12 aromatic carbocycles. The Balaban J connectivity index is 0.000000110. The van der Waals surface area contributed by atoms with Gasteiger partial charge in [-0.25, -0.2) is 0 Å². The van der Waals surface area contributed by atoms with Gasteiger partial charge in [0.1, 0.15) is 0 Å². The fourth-order valence-corrected chi connectivity index (χ4v) is 19.2. The first kappa shape index (κ1) is 81.6. The van der Waals surface area contributed by atoms with Crippen molar-refractivity contribution < 1.29 is 0 Å². The second kappa shape index (κ2) is 37.2. The van der Waals surface area contributed by atoms with Crippen LogP contribution in [0.25, 0.3) is 176 Å². The molecule has 0 atom stereocenters.